The molecule has 2 atom stereocenters. The molecule has 29 heavy (non-hydrogen) atoms. The molecule has 2 aromatic rings. The number of hydrogen-bond donors (Lipinski definition) is 3. The van der Waals surface area contributed by atoms with Crippen molar-refractivity contribution in [1.82, 2.24) is 10.6 Å². The Morgan fingerprint density at radius 3 is 2.07 bits per heavy atom. The van der Waals surface area contributed by atoms with Crippen LogP contribution in [0, 0.1) is 0 Å². The van der Waals surface area contributed by atoms with Crippen LogP contribution in [0.2, 0.25) is 0 Å². The lowest BCUT2D eigenvalue weighted by Crippen LogP contribution is -2.42. The molecule has 0 bridgehead atoms. The standard InChI is InChI=1S/C22H24N2O5/c1-13(11-20(25)24-14(2)21(26)27)23-22(28)29-12-19-17-9-5-3-7-15(17)16-8-4-6-10-18(16)19/h3-10,13-14,19H,11-12H2,1-2H3,(H,23,28)(H,24,25)(H,26,27)/t13-,14-/m1/s1. The molecule has 0 saturated carbocycles. The summed E-state index contributed by atoms with van der Waals surface area (Å²) in [7, 11) is 0. The third kappa shape index (κ3) is 4.74. The fraction of sp³-hybridized carbons (Fsp3) is 0.318. The van der Waals surface area contributed by atoms with E-state index in [-0.39, 0.29) is 18.9 Å². The van der Waals surface area contributed by atoms with Crippen LogP contribution in [0.3, 0.4) is 0 Å². The van der Waals surface area contributed by atoms with Crippen molar-refractivity contribution in [2.45, 2.75) is 38.3 Å². The van der Waals surface area contributed by atoms with Crippen molar-refractivity contribution in [3.8, 4) is 11.1 Å². The smallest absolute Gasteiger partial charge is 0.407 e. The number of amides is 2. The van der Waals surface area contributed by atoms with Crippen molar-refractivity contribution in [3.63, 3.8) is 0 Å². The van der Waals surface area contributed by atoms with Crippen LogP contribution in [0.4, 0.5) is 4.79 Å². The normalized spacial score (nSPS) is 14.3. The number of benzene rings is 2. The predicted molar refractivity (Wildman–Crippen MR) is 108 cm³/mol. The largest absolute Gasteiger partial charge is 0.480 e. The fourth-order valence-electron chi connectivity index (χ4n) is 3.53. The summed E-state index contributed by atoms with van der Waals surface area (Å²) in [6.07, 6.45) is -0.652. The molecule has 0 saturated heterocycles. The van der Waals surface area contributed by atoms with Gasteiger partial charge in [-0.1, -0.05) is 48.5 Å². The minimum atomic E-state index is -1.12. The third-order valence-electron chi connectivity index (χ3n) is 4.95. The number of carbonyl (C=O) groups is 3. The Morgan fingerprint density at radius 1 is 0.966 bits per heavy atom. The summed E-state index contributed by atoms with van der Waals surface area (Å²) in [5.74, 6) is -1.61. The van der Waals surface area contributed by atoms with Gasteiger partial charge in [0.25, 0.3) is 0 Å². The topological polar surface area (TPSA) is 105 Å². The van der Waals surface area contributed by atoms with E-state index in [2.05, 4.69) is 22.8 Å². The number of ether oxygens (including phenoxy) is 1. The summed E-state index contributed by atoms with van der Waals surface area (Å²) in [6.45, 7) is 3.23. The predicted octanol–water partition coefficient (Wildman–Crippen LogP) is 2.89. The van der Waals surface area contributed by atoms with Gasteiger partial charge in [-0.3, -0.25) is 9.59 Å². The van der Waals surface area contributed by atoms with E-state index in [1.165, 1.54) is 6.92 Å². The molecule has 0 heterocycles. The van der Waals surface area contributed by atoms with Crippen LogP contribution < -0.4 is 10.6 Å². The van der Waals surface area contributed by atoms with Crippen LogP contribution in [-0.4, -0.2) is 41.8 Å². The minimum absolute atomic E-state index is 0.0387. The lowest BCUT2D eigenvalue weighted by atomic mass is 9.98. The number of hydrogen-bond acceptors (Lipinski definition) is 4. The molecule has 3 N–H and O–H groups in total. The van der Waals surface area contributed by atoms with Gasteiger partial charge in [0.1, 0.15) is 12.6 Å². The van der Waals surface area contributed by atoms with Crippen molar-refractivity contribution < 1.29 is 24.2 Å². The van der Waals surface area contributed by atoms with Crippen LogP contribution in [0.15, 0.2) is 48.5 Å². The van der Waals surface area contributed by atoms with Crippen molar-refractivity contribution in [1.29, 1.82) is 0 Å². The van der Waals surface area contributed by atoms with Crippen molar-refractivity contribution in [3.05, 3.63) is 59.7 Å². The van der Waals surface area contributed by atoms with Crippen LogP contribution in [0.5, 0.6) is 0 Å². The zero-order valence-corrected chi connectivity index (χ0v) is 16.3. The second-order valence-corrected chi connectivity index (χ2v) is 7.20. The number of carboxylic acids is 1. The molecule has 0 unspecified atom stereocenters. The van der Waals surface area contributed by atoms with E-state index in [9.17, 15) is 14.4 Å². The highest BCUT2D eigenvalue weighted by atomic mass is 16.5. The number of alkyl carbamates (subject to hydrolysis) is 1. The van der Waals surface area contributed by atoms with Crippen LogP contribution in [0.25, 0.3) is 11.1 Å². The highest BCUT2D eigenvalue weighted by Crippen LogP contribution is 2.44. The summed E-state index contributed by atoms with van der Waals surface area (Å²) in [5.41, 5.74) is 4.54. The molecule has 0 aromatic heterocycles. The average Bonchev–Trinajstić information content (AvgIpc) is 3.00. The van der Waals surface area contributed by atoms with E-state index in [0.717, 1.165) is 22.3 Å². The number of aliphatic carboxylic acids is 1. The minimum Gasteiger partial charge on any atom is -0.480 e. The van der Waals surface area contributed by atoms with Crippen molar-refractivity contribution in [2.24, 2.45) is 0 Å². The Bertz CT molecular complexity index is 881. The summed E-state index contributed by atoms with van der Waals surface area (Å²) < 4.78 is 5.44. The number of carbonyl (C=O) groups excluding carboxylic acids is 2. The van der Waals surface area contributed by atoms with Gasteiger partial charge in [-0.05, 0) is 36.1 Å². The summed E-state index contributed by atoms with van der Waals surface area (Å²) >= 11 is 0. The molecule has 0 radical (unpaired) electrons. The lowest BCUT2D eigenvalue weighted by molar-refractivity contribution is -0.141. The number of carboxylic acid groups (broad SMARTS) is 1. The quantitative estimate of drug-likeness (QED) is 0.667. The molecule has 7 heteroatoms. The van der Waals surface area contributed by atoms with Gasteiger partial charge in [-0.2, -0.15) is 0 Å². The Balaban J connectivity index is 1.55. The van der Waals surface area contributed by atoms with Gasteiger partial charge in [0, 0.05) is 18.4 Å². The van der Waals surface area contributed by atoms with Gasteiger partial charge in [-0.25, -0.2) is 4.79 Å². The van der Waals surface area contributed by atoms with Crippen LogP contribution >= 0.6 is 0 Å². The summed E-state index contributed by atoms with van der Waals surface area (Å²) in [5, 5.41) is 13.8. The molecule has 0 fully saturated rings. The lowest BCUT2D eigenvalue weighted by Gasteiger charge is -2.17. The number of nitrogens with one attached hydrogen (secondary N) is 2. The van der Waals surface area contributed by atoms with Gasteiger partial charge in [-0.15, -0.1) is 0 Å². The average molecular weight is 396 g/mol. The first-order chi connectivity index (χ1) is 13.9. The maximum absolute atomic E-state index is 12.2. The molecule has 7 nitrogen and oxygen atoms in total. The van der Waals surface area contributed by atoms with E-state index >= 15 is 0 Å². The van der Waals surface area contributed by atoms with E-state index in [4.69, 9.17) is 9.84 Å². The highest BCUT2D eigenvalue weighted by molar-refractivity contribution is 5.84. The highest BCUT2D eigenvalue weighted by Gasteiger charge is 2.29. The number of rotatable bonds is 7. The molecule has 0 spiro atoms. The van der Waals surface area contributed by atoms with E-state index in [0.29, 0.717) is 0 Å². The molecule has 1 aliphatic rings. The second kappa shape index (κ2) is 8.77. The fourth-order valence-corrected chi connectivity index (χ4v) is 3.53. The van der Waals surface area contributed by atoms with Gasteiger partial charge in [0.05, 0.1) is 0 Å². The van der Waals surface area contributed by atoms with Crippen molar-refractivity contribution in [2.75, 3.05) is 6.61 Å². The first-order valence-electron chi connectivity index (χ1n) is 9.50. The Kier molecular flexibility index (Phi) is 6.16. The summed E-state index contributed by atoms with van der Waals surface area (Å²) in [6, 6.07) is 14.6. The summed E-state index contributed by atoms with van der Waals surface area (Å²) in [4.78, 5) is 34.8. The van der Waals surface area contributed by atoms with Crippen molar-refractivity contribution >= 4 is 18.0 Å². The molecular weight excluding hydrogens is 372 g/mol. The second-order valence-electron chi connectivity index (χ2n) is 7.20. The van der Waals surface area contributed by atoms with Gasteiger partial charge in [0.15, 0.2) is 0 Å². The van der Waals surface area contributed by atoms with Gasteiger partial charge >= 0.3 is 12.1 Å². The Morgan fingerprint density at radius 2 is 1.52 bits per heavy atom. The first-order valence-corrected chi connectivity index (χ1v) is 9.50. The first kappa shape index (κ1) is 20.4. The maximum atomic E-state index is 12.2. The SMILES string of the molecule is C[C@H](CC(=O)N[C@H](C)C(=O)O)NC(=O)OCC1c2ccccc2-c2ccccc21. The third-order valence-corrected chi connectivity index (χ3v) is 4.95. The van der Waals surface area contributed by atoms with E-state index in [1.807, 2.05) is 36.4 Å². The zero-order chi connectivity index (χ0) is 21.0. The molecule has 0 aliphatic heterocycles. The monoisotopic (exact) mass is 396 g/mol. The van der Waals surface area contributed by atoms with Crippen LogP contribution in [-0.2, 0) is 14.3 Å². The number of fused-ring (bicyclic) bond motifs is 3. The van der Waals surface area contributed by atoms with Gasteiger partial charge in [0.2, 0.25) is 5.91 Å². The van der Waals surface area contributed by atoms with E-state index < -0.39 is 30.1 Å². The van der Waals surface area contributed by atoms with Gasteiger partial charge < -0.3 is 20.5 Å². The zero-order valence-electron chi connectivity index (χ0n) is 16.3. The molecule has 2 amide bonds. The molecule has 3 rings (SSSR count). The van der Waals surface area contributed by atoms with E-state index in [1.54, 1.807) is 6.92 Å². The molecule has 1 aliphatic carbocycles. The Labute approximate surface area is 169 Å². The molecule has 152 valence electrons. The Hall–Kier alpha value is -3.35. The molecule has 2 aromatic carbocycles. The molecular formula is C22H24N2O5. The van der Waals surface area contributed by atoms with Crippen LogP contribution in [0.1, 0.15) is 37.3 Å². The maximum Gasteiger partial charge on any atom is 0.407 e.